The molecule has 116 valence electrons. The van der Waals surface area contributed by atoms with Crippen molar-refractivity contribution in [3.63, 3.8) is 0 Å². The molecule has 1 amide bonds. The summed E-state index contributed by atoms with van der Waals surface area (Å²) in [5, 5.41) is 6.19. The number of rotatable bonds is 2. The second-order valence-corrected chi connectivity index (χ2v) is 5.70. The van der Waals surface area contributed by atoms with Gasteiger partial charge in [0.15, 0.2) is 10.9 Å². The van der Waals surface area contributed by atoms with Crippen molar-refractivity contribution in [1.82, 2.24) is 10.3 Å². The lowest BCUT2D eigenvalue weighted by molar-refractivity contribution is -0.137. The number of carbonyl (C=O) groups is 1. The zero-order valence-corrected chi connectivity index (χ0v) is 13.0. The van der Waals surface area contributed by atoms with Gasteiger partial charge in [0, 0.05) is 6.20 Å². The minimum atomic E-state index is -4.54. The minimum Gasteiger partial charge on any atom is -0.316 e. The van der Waals surface area contributed by atoms with Crippen molar-refractivity contribution in [2.75, 3.05) is 5.32 Å². The van der Waals surface area contributed by atoms with Gasteiger partial charge >= 0.3 is 6.18 Å². The fourth-order valence-corrected chi connectivity index (χ4v) is 2.42. The van der Waals surface area contributed by atoms with Gasteiger partial charge in [-0.2, -0.15) is 13.2 Å². The minimum absolute atomic E-state index is 0.0776. The summed E-state index contributed by atoms with van der Waals surface area (Å²) in [5.74, 6) is -0.512. The fourth-order valence-electron chi connectivity index (χ4n) is 1.40. The summed E-state index contributed by atoms with van der Waals surface area (Å²) in [6.07, 6.45) is -3.92. The van der Waals surface area contributed by atoms with Gasteiger partial charge in [-0.3, -0.25) is 10.1 Å². The van der Waals surface area contributed by atoms with Gasteiger partial charge in [0.2, 0.25) is 0 Å². The predicted octanol–water partition coefficient (Wildman–Crippen LogP) is 3.94. The van der Waals surface area contributed by atoms with Gasteiger partial charge in [-0.15, -0.1) is 11.3 Å². The average molecular weight is 366 g/mol. The van der Waals surface area contributed by atoms with E-state index in [9.17, 15) is 18.0 Å². The van der Waals surface area contributed by atoms with Crippen LogP contribution in [0.4, 0.5) is 19.0 Å². The average Bonchev–Trinajstić information content (AvgIpc) is 2.93. The van der Waals surface area contributed by atoms with E-state index in [0.29, 0.717) is 11.1 Å². The van der Waals surface area contributed by atoms with Crippen LogP contribution in [0.15, 0.2) is 29.8 Å². The van der Waals surface area contributed by atoms with E-state index in [1.54, 1.807) is 17.5 Å². The molecule has 0 spiro atoms. The van der Waals surface area contributed by atoms with Crippen LogP contribution in [0.25, 0.3) is 0 Å². The number of amides is 1. The number of carbonyl (C=O) groups excluding carboxylic acids is 1. The Morgan fingerprint density at radius 2 is 2.14 bits per heavy atom. The molecule has 0 aliphatic carbocycles. The maximum absolute atomic E-state index is 12.5. The molecule has 2 aromatic rings. The van der Waals surface area contributed by atoms with Crippen molar-refractivity contribution in [2.24, 2.45) is 0 Å². The van der Waals surface area contributed by atoms with Gasteiger partial charge in [-0.25, -0.2) is 4.98 Å². The van der Waals surface area contributed by atoms with Crippen molar-refractivity contribution < 1.29 is 18.0 Å². The third-order valence-corrected chi connectivity index (χ3v) is 3.73. The molecule has 2 heterocycles. The van der Waals surface area contributed by atoms with Gasteiger partial charge in [0.05, 0.1) is 15.5 Å². The first-order valence-electron chi connectivity index (χ1n) is 5.66. The number of pyridine rings is 1. The Balaban J connectivity index is 2.04. The lowest BCUT2D eigenvalue weighted by atomic mass is 10.3. The van der Waals surface area contributed by atoms with Crippen molar-refractivity contribution in [2.45, 2.75) is 6.18 Å². The molecule has 0 unspecified atom stereocenters. The number of aromatic nitrogens is 1. The van der Waals surface area contributed by atoms with E-state index in [1.807, 2.05) is 0 Å². The zero-order chi connectivity index (χ0) is 16.3. The van der Waals surface area contributed by atoms with Crippen LogP contribution < -0.4 is 10.6 Å². The Labute approximate surface area is 137 Å². The molecule has 2 rings (SSSR count). The van der Waals surface area contributed by atoms with Crippen LogP contribution in [0, 0.1) is 0 Å². The van der Waals surface area contributed by atoms with Gasteiger partial charge in [0.25, 0.3) is 5.91 Å². The van der Waals surface area contributed by atoms with Gasteiger partial charge in [0.1, 0.15) is 0 Å². The summed E-state index contributed by atoms with van der Waals surface area (Å²) in [5.41, 5.74) is -0.975. The SMILES string of the molecule is O=C(NC(=S)Nc1ncc(C(F)(F)F)cc1Cl)c1cccs1. The van der Waals surface area contributed by atoms with Crippen molar-refractivity contribution >= 4 is 52.0 Å². The van der Waals surface area contributed by atoms with E-state index in [0.717, 1.165) is 6.07 Å². The first-order valence-corrected chi connectivity index (χ1v) is 7.32. The molecule has 2 aromatic heterocycles. The van der Waals surface area contributed by atoms with Crippen LogP contribution in [0.1, 0.15) is 15.2 Å². The fraction of sp³-hybridized carbons (Fsp3) is 0.0833. The standard InChI is InChI=1S/C12H7ClF3N3OS2/c13-7-4-6(12(14,15)16)5-17-9(7)18-11(21)19-10(20)8-2-1-3-22-8/h1-5H,(H2,17,18,19,20,21). The molecule has 0 saturated carbocycles. The molecule has 22 heavy (non-hydrogen) atoms. The number of hydrogen-bond acceptors (Lipinski definition) is 4. The number of halogens is 4. The maximum atomic E-state index is 12.5. The number of thiocarbonyl (C=S) groups is 1. The van der Waals surface area contributed by atoms with Crippen molar-refractivity contribution in [3.05, 3.63) is 45.2 Å². The molecular weight excluding hydrogens is 359 g/mol. The molecule has 0 fully saturated rings. The lowest BCUT2D eigenvalue weighted by Gasteiger charge is -2.11. The summed E-state index contributed by atoms with van der Waals surface area (Å²) in [4.78, 5) is 15.7. The maximum Gasteiger partial charge on any atom is 0.417 e. The third kappa shape index (κ3) is 4.15. The molecule has 0 saturated heterocycles. The predicted molar refractivity (Wildman–Crippen MR) is 82.3 cm³/mol. The van der Waals surface area contributed by atoms with Crippen LogP contribution in [-0.4, -0.2) is 16.0 Å². The molecule has 0 aliphatic rings. The third-order valence-electron chi connectivity index (χ3n) is 2.37. The van der Waals surface area contributed by atoms with E-state index in [2.05, 4.69) is 15.6 Å². The normalized spacial score (nSPS) is 11.1. The number of nitrogens with zero attached hydrogens (tertiary/aromatic N) is 1. The monoisotopic (exact) mass is 365 g/mol. The molecular formula is C12H7ClF3N3OS2. The molecule has 10 heteroatoms. The van der Waals surface area contributed by atoms with Gasteiger partial charge < -0.3 is 5.32 Å². The van der Waals surface area contributed by atoms with E-state index in [-0.39, 0.29) is 16.0 Å². The quantitative estimate of drug-likeness (QED) is 0.791. The largest absolute Gasteiger partial charge is 0.417 e. The van der Waals surface area contributed by atoms with Gasteiger partial charge in [-0.1, -0.05) is 17.7 Å². The Morgan fingerprint density at radius 3 is 2.68 bits per heavy atom. The Hall–Kier alpha value is -1.71. The molecule has 2 N–H and O–H groups in total. The Kier molecular flexibility index (Phi) is 4.99. The first-order chi connectivity index (χ1) is 10.3. The molecule has 4 nitrogen and oxygen atoms in total. The van der Waals surface area contributed by atoms with Crippen LogP contribution in [0.3, 0.4) is 0 Å². The number of hydrogen-bond donors (Lipinski definition) is 2. The van der Waals surface area contributed by atoms with Crippen LogP contribution >= 0.6 is 35.2 Å². The number of thiophene rings is 1. The summed E-state index contributed by atoms with van der Waals surface area (Å²) in [7, 11) is 0. The molecule has 0 radical (unpaired) electrons. The lowest BCUT2D eigenvalue weighted by Crippen LogP contribution is -2.34. The number of anilines is 1. The summed E-state index contributed by atoms with van der Waals surface area (Å²) >= 11 is 11.8. The first kappa shape index (κ1) is 16.7. The Bertz CT molecular complexity index is 704. The van der Waals surface area contributed by atoms with Crippen LogP contribution in [0.5, 0.6) is 0 Å². The summed E-state index contributed by atoms with van der Waals surface area (Å²) < 4.78 is 37.5. The highest BCUT2D eigenvalue weighted by atomic mass is 35.5. The van der Waals surface area contributed by atoms with Gasteiger partial charge in [-0.05, 0) is 29.7 Å². The molecule has 0 bridgehead atoms. The summed E-state index contributed by atoms with van der Waals surface area (Å²) in [6.45, 7) is 0. The van der Waals surface area contributed by atoms with Crippen LogP contribution in [0.2, 0.25) is 5.02 Å². The van der Waals surface area contributed by atoms with E-state index in [4.69, 9.17) is 23.8 Å². The van der Waals surface area contributed by atoms with Crippen LogP contribution in [-0.2, 0) is 6.18 Å². The Morgan fingerprint density at radius 1 is 1.41 bits per heavy atom. The number of alkyl halides is 3. The second kappa shape index (κ2) is 6.59. The zero-order valence-electron chi connectivity index (χ0n) is 10.6. The van der Waals surface area contributed by atoms with E-state index in [1.165, 1.54) is 11.3 Å². The molecule has 0 atom stereocenters. The topological polar surface area (TPSA) is 54.0 Å². The highest BCUT2D eigenvalue weighted by Crippen LogP contribution is 2.32. The molecule has 0 aromatic carbocycles. The van der Waals surface area contributed by atoms with E-state index >= 15 is 0 Å². The summed E-state index contributed by atoms with van der Waals surface area (Å²) in [6, 6.07) is 4.02. The molecule has 0 aliphatic heterocycles. The smallest absolute Gasteiger partial charge is 0.316 e. The highest BCUT2D eigenvalue weighted by molar-refractivity contribution is 7.80. The van der Waals surface area contributed by atoms with Crippen molar-refractivity contribution in [1.29, 1.82) is 0 Å². The second-order valence-electron chi connectivity index (χ2n) is 3.94. The van der Waals surface area contributed by atoms with Crippen molar-refractivity contribution in [3.8, 4) is 0 Å². The number of nitrogens with one attached hydrogen (secondary N) is 2. The van der Waals surface area contributed by atoms with E-state index < -0.39 is 17.6 Å². The highest BCUT2D eigenvalue weighted by Gasteiger charge is 2.31.